The molecule has 178 valence electrons. The molecule has 2 bridgehead atoms. The minimum absolute atomic E-state index is 0.0283. The maximum atomic E-state index is 11.0. The third-order valence-electron chi connectivity index (χ3n) is 7.26. The third kappa shape index (κ3) is 4.66. The second-order valence-corrected chi connectivity index (χ2v) is 10.2. The van der Waals surface area contributed by atoms with Gasteiger partial charge in [0.05, 0.1) is 53.6 Å². The second-order valence-electron chi connectivity index (χ2n) is 9.23. The van der Waals surface area contributed by atoms with Crippen molar-refractivity contribution in [3.05, 3.63) is 52.1 Å². The van der Waals surface area contributed by atoms with Gasteiger partial charge in [0.15, 0.2) is 0 Å². The van der Waals surface area contributed by atoms with E-state index in [2.05, 4.69) is 51.0 Å². The summed E-state index contributed by atoms with van der Waals surface area (Å²) in [6.07, 6.45) is 0. The summed E-state index contributed by atoms with van der Waals surface area (Å²) in [5.74, 6) is 0. The standard InChI is InChI=1S/C24H30N7O2S/c1-3-29(11-15-31-12-8-28(9-13-31)10-14-31)19-4-6-21(18(2)16-19)26-27-24-25-22-17-20(30(32)33)5-7-23(22)34-24/h4-7,16-17H,3,8-15H2,1-2H3/q+1/b27-26+. The summed E-state index contributed by atoms with van der Waals surface area (Å²) >= 11 is 1.37. The van der Waals surface area contributed by atoms with Crippen LogP contribution in [0.15, 0.2) is 46.6 Å². The van der Waals surface area contributed by atoms with E-state index in [-0.39, 0.29) is 5.69 Å². The van der Waals surface area contributed by atoms with Crippen LogP contribution >= 0.6 is 11.3 Å². The van der Waals surface area contributed by atoms with E-state index >= 15 is 0 Å². The maximum absolute atomic E-state index is 11.0. The van der Waals surface area contributed by atoms with Gasteiger partial charge in [-0.05, 0) is 43.7 Å². The van der Waals surface area contributed by atoms with Gasteiger partial charge in [0.25, 0.3) is 5.69 Å². The molecule has 10 heteroatoms. The topological polar surface area (TPSA) is 87.2 Å². The summed E-state index contributed by atoms with van der Waals surface area (Å²) in [5.41, 5.74) is 3.69. The number of likely N-dealkylation sites (N-methyl/N-ethyl adjacent to an activating group) is 1. The molecule has 4 heterocycles. The molecule has 2 aromatic carbocycles. The van der Waals surface area contributed by atoms with Gasteiger partial charge < -0.3 is 9.38 Å². The van der Waals surface area contributed by atoms with E-state index in [1.807, 2.05) is 6.07 Å². The minimum atomic E-state index is -0.416. The van der Waals surface area contributed by atoms with E-state index in [1.54, 1.807) is 6.07 Å². The Morgan fingerprint density at radius 1 is 1.15 bits per heavy atom. The van der Waals surface area contributed by atoms with E-state index in [4.69, 9.17) is 0 Å². The summed E-state index contributed by atoms with van der Waals surface area (Å²) in [5, 5.41) is 20.2. The van der Waals surface area contributed by atoms with Crippen molar-refractivity contribution in [1.82, 2.24) is 9.88 Å². The first kappa shape index (κ1) is 22.8. The van der Waals surface area contributed by atoms with Gasteiger partial charge in [-0.3, -0.25) is 15.0 Å². The Morgan fingerprint density at radius 2 is 1.91 bits per heavy atom. The van der Waals surface area contributed by atoms with Crippen LogP contribution in [0.4, 0.5) is 22.2 Å². The molecule has 3 aliphatic heterocycles. The third-order valence-corrected chi connectivity index (χ3v) is 8.18. The van der Waals surface area contributed by atoms with Gasteiger partial charge in [-0.25, -0.2) is 4.98 Å². The van der Waals surface area contributed by atoms with Crippen molar-refractivity contribution in [3.63, 3.8) is 0 Å². The fourth-order valence-corrected chi connectivity index (χ4v) is 5.74. The molecular weight excluding hydrogens is 450 g/mol. The van der Waals surface area contributed by atoms with Gasteiger partial charge in [0, 0.05) is 44.0 Å². The Balaban J connectivity index is 1.27. The molecule has 0 N–H and O–H groups in total. The quantitative estimate of drug-likeness (QED) is 0.198. The number of non-ortho nitro benzene ring substituents is 1. The molecule has 0 radical (unpaired) electrons. The number of benzene rings is 2. The van der Waals surface area contributed by atoms with Crippen LogP contribution in [-0.2, 0) is 0 Å². The largest absolute Gasteiger partial charge is 0.366 e. The number of nitro benzene ring substituents is 1. The number of nitrogens with zero attached hydrogens (tertiary/aromatic N) is 7. The maximum Gasteiger partial charge on any atom is 0.271 e. The first-order chi connectivity index (χ1) is 16.4. The lowest BCUT2D eigenvalue weighted by Gasteiger charge is -2.51. The van der Waals surface area contributed by atoms with Crippen molar-refractivity contribution >= 4 is 43.7 Å². The molecule has 3 aliphatic rings. The number of rotatable bonds is 8. The molecule has 6 rings (SSSR count). The van der Waals surface area contributed by atoms with Gasteiger partial charge in [-0.1, -0.05) is 11.3 Å². The number of thiazole rings is 1. The average Bonchev–Trinajstić information content (AvgIpc) is 3.27. The Bertz CT molecular complexity index is 1220. The Hall–Kier alpha value is -2.95. The van der Waals surface area contributed by atoms with Gasteiger partial charge in [0.1, 0.15) is 0 Å². The molecule has 3 saturated heterocycles. The van der Waals surface area contributed by atoms with Crippen molar-refractivity contribution in [1.29, 1.82) is 0 Å². The molecule has 34 heavy (non-hydrogen) atoms. The minimum Gasteiger partial charge on any atom is -0.366 e. The van der Waals surface area contributed by atoms with Gasteiger partial charge in [-0.2, -0.15) is 0 Å². The fraction of sp³-hybridized carbons (Fsp3) is 0.458. The molecule has 3 aromatic rings. The van der Waals surface area contributed by atoms with E-state index < -0.39 is 4.92 Å². The lowest BCUT2D eigenvalue weighted by molar-refractivity contribution is -0.939. The Labute approximate surface area is 203 Å². The number of hydrogen-bond donors (Lipinski definition) is 0. The van der Waals surface area contributed by atoms with E-state index in [9.17, 15) is 10.1 Å². The molecule has 3 fully saturated rings. The highest BCUT2D eigenvalue weighted by atomic mass is 32.1. The van der Waals surface area contributed by atoms with Crippen molar-refractivity contribution in [2.45, 2.75) is 13.8 Å². The summed E-state index contributed by atoms with van der Waals surface area (Å²) in [6.45, 7) is 15.1. The van der Waals surface area contributed by atoms with Gasteiger partial charge in [0.2, 0.25) is 5.13 Å². The highest BCUT2D eigenvalue weighted by Gasteiger charge is 2.38. The summed E-state index contributed by atoms with van der Waals surface area (Å²) in [4.78, 5) is 20.0. The first-order valence-electron chi connectivity index (χ1n) is 11.8. The number of hydrogen-bond acceptors (Lipinski definition) is 8. The monoisotopic (exact) mass is 480 g/mol. The lowest BCUT2D eigenvalue weighted by Crippen LogP contribution is -2.68. The predicted octanol–water partition coefficient (Wildman–Crippen LogP) is 4.90. The van der Waals surface area contributed by atoms with Crippen LogP contribution in [0.2, 0.25) is 0 Å². The zero-order chi connectivity index (χ0) is 23.7. The number of aromatic nitrogens is 1. The van der Waals surface area contributed by atoms with Crippen molar-refractivity contribution in [2.75, 3.05) is 63.8 Å². The summed E-state index contributed by atoms with van der Waals surface area (Å²) in [6, 6.07) is 11.0. The number of anilines is 1. The summed E-state index contributed by atoms with van der Waals surface area (Å²) in [7, 11) is 0. The van der Waals surface area contributed by atoms with Crippen LogP contribution in [0.5, 0.6) is 0 Å². The smallest absolute Gasteiger partial charge is 0.271 e. The van der Waals surface area contributed by atoms with Gasteiger partial charge >= 0.3 is 0 Å². The van der Waals surface area contributed by atoms with Crippen LogP contribution in [0.3, 0.4) is 0 Å². The SMILES string of the molecule is CCN(CC[N+]12CCN(CC1)CC2)c1ccc(/N=N/c2nc3cc([N+](=O)[O-])ccc3s2)c(C)c1. The van der Waals surface area contributed by atoms with E-state index in [0.717, 1.165) is 29.0 Å². The van der Waals surface area contributed by atoms with E-state index in [1.165, 1.54) is 79.5 Å². The first-order valence-corrected chi connectivity index (χ1v) is 12.7. The zero-order valence-electron chi connectivity index (χ0n) is 19.7. The molecular formula is C24H30N7O2S+. The molecule has 0 amide bonds. The highest BCUT2D eigenvalue weighted by molar-refractivity contribution is 7.21. The summed E-state index contributed by atoms with van der Waals surface area (Å²) < 4.78 is 2.12. The predicted molar refractivity (Wildman–Crippen MR) is 136 cm³/mol. The number of quaternary nitrogens is 1. The number of nitro groups is 1. The number of piperazine rings is 3. The van der Waals surface area contributed by atoms with Crippen LogP contribution in [0.25, 0.3) is 10.2 Å². The van der Waals surface area contributed by atoms with Crippen molar-refractivity contribution < 1.29 is 9.41 Å². The Kier molecular flexibility index (Phi) is 6.28. The van der Waals surface area contributed by atoms with E-state index in [0.29, 0.717) is 10.6 Å². The van der Waals surface area contributed by atoms with Crippen molar-refractivity contribution in [2.24, 2.45) is 10.2 Å². The molecule has 0 atom stereocenters. The highest BCUT2D eigenvalue weighted by Crippen LogP contribution is 2.33. The van der Waals surface area contributed by atoms with Gasteiger partial charge in [-0.15, -0.1) is 10.2 Å². The van der Waals surface area contributed by atoms with Crippen molar-refractivity contribution in [3.8, 4) is 0 Å². The number of azo groups is 1. The number of aryl methyl sites for hydroxylation is 1. The lowest BCUT2D eigenvalue weighted by atomic mass is 10.1. The normalized spacial score (nSPS) is 22.0. The fourth-order valence-electron chi connectivity index (χ4n) is 4.97. The second kappa shape index (κ2) is 9.36. The van der Waals surface area contributed by atoms with Crippen LogP contribution in [0.1, 0.15) is 12.5 Å². The molecule has 0 unspecified atom stereocenters. The zero-order valence-corrected chi connectivity index (χ0v) is 20.5. The molecule has 9 nitrogen and oxygen atoms in total. The van der Waals surface area contributed by atoms with Crippen LogP contribution in [0, 0.1) is 17.0 Å². The molecule has 0 spiro atoms. The molecule has 1 aromatic heterocycles. The molecule has 0 aliphatic carbocycles. The average molecular weight is 481 g/mol. The Morgan fingerprint density at radius 3 is 2.59 bits per heavy atom. The van der Waals surface area contributed by atoms with Crippen LogP contribution in [-0.4, -0.2) is 78.2 Å². The molecule has 0 saturated carbocycles. The van der Waals surface area contributed by atoms with Crippen LogP contribution < -0.4 is 4.90 Å². The number of fused-ring (bicyclic) bond motifs is 4.